The Morgan fingerprint density at radius 2 is 2.16 bits per heavy atom. The van der Waals surface area contributed by atoms with Crippen LogP contribution in [-0.4, -0.2) is 10.5 Å². The summed E-state index contributed by atoms with van der Waals surface area (Å²) in [7, 11) is 0. The fourth-order valence-corrected chi connectivity index (χ4v) is 2.10. The molecule has 0 saturated carbocycles. The molecule has 0 spiro atoms. The van der Waals surface area contributed by atoms with E-state index in [0.29, 0.717) is 6.54 Å². The summed E-state index contributed by atoms with van der Waals surface area (Å²) < 4.78 is 15.3. The Bertz CT molecular complexity index is 651. The summed E-state index contributed by atoms with van der Waals surface area (Å²) in [4.78, 5) is 11.1. The van der Waals surface area contributed by atoms with Gasteiger partial charge in [0.1, 0.15) is 5.82 Å². The minimum absolute atomic E-state index is 0.127. The maximum absolute atomic E-state index is 13.3. The smallest absolute Gasteiger partial charge is 0.221 e. The Labute approximate surface area is 111 Å². The average molecular weight is 260 g/mol. The van der Waals surface area contributed by atoms with E-state index in [4.69, 9.17) is 5.73 Å². The molecule has 1 heterocycles. The highest BCUT2D eigenvalue weighted by Crippen LogP contribution is 2.23. The van der Waals surface area contributed by atoms with Crippen LogP contribution < -0.4 is 5.73 Å². The molecule has 0 aliphatic carbocycles. The number of hydrogen-bond acceptors (Lipinski definition) is 1. The number of carbonyl (C=O) groups excluding carboxylic acids is 1. The first-order valence-corrected chi connectivity index (χ1v) is 6.16. The van der Waals surface area contributed by atoms with Crippen LogP contribution >= 0.6 is 0 Å². The lowest BCUT2D eigenvalue weighted by atomic mass is 10.1. The van der Waals surface area contributed by atoms with Gasteiger partial charge in [-0.2, -0.15) is 0 Å². The van der Waals surface area contributed by atoms with Crippen molar-refractivity contribution in [2.45, 2.75) is 26.8 Å². The third-order valence-electron chi connectivity index (χ3n) is 2.99. The fraction of sp³-hybridized carbons (Fsp3) is 0.267. The molecular weight excluding hydrogens is 243 g/mol. The van der Waals surface area contributed by atoms with Crippen LogP contribution in [-0.2, 0) is 17.8 Å². The minimum atomic E-state index is -0.412. The first-order valence-electron chi connectivity index (χ1n) is 6.16. The van der Waals surface area contributed by atoms with Gasteiger partial charge in [0, 0.05) is 23.6 Å². The molecule has 2 rings (SSSR count). The Morgan fingerprint density at radius 3 is 2.79 bits per heavy atom. The zero-order valence-electron chi connectivity index (χ0n) is 11.1. The molecule has 0 aliphatic rings. The van der Waals surface area contributed by atoms with E-state index in [2.05, 4.69) is 6.08 Å². The molecule has 1 amide bonds. The van der Waals surface area contributed by atoms with E-state index in [-0.39, 0.29) is 12.2 Å². The highest BCUT2D eigenvalue weighted by molar-refractivity contribution is 5.89. The summed E-state index contributed by atoms with van der Waals surface area (Å²) in [5.41, 5.74) is 8.12. The third-order valence-corrected chi connectivity index (χ3v) is 2.99. The Morgan fingerprint density at radius 1 is 1.42 bits per heavy atom. The number of allylic oxidation sites excluding steroid dienone is 2. The van der Waals surface area contributed by atoms with Gasteiger partial charge >= 0.3 is 0 Å². The summed E-state index contributed by atoms with van der Waals surface area (Å²) >= 11 is 0. The van der Waals surface area contributed by atoms with Crippen LogP contribution in [0, 0.1) is 5.82 Å². The van der Waals surface area contributed by atoms with Crippen molar-refractivity contribution < 1.29 is 9.18 Å². The van der Waals surface area contributed by atoms with Crippen molar-refractivity contribution >= 4 is 16.8 Å². The predicted molar refractivity (Wildman–Crippen MR) is 74.2 cm³/mol. The molecule has 100 valence electrons. The monoisotopic (exact) mass is 260 g/mol. The molecule has 4 heteroatoms. The van der Waals surface area contributed by atoms with Crippen LogP contribution in [0.25, 0.3) is 10.9 Å². The summed E-state index contributed by atoms with van der Waals surface area (Å²) in [6.45, 7) is 4.74. The van der Waals surface area contributed by atoms with Gasteiger partial charge in [-0.25, -0.2) is 4.39 Å². The van der Waals surface area contributed by atoms with Gasteiger partial charge in [-0.1, -0.05) is 11.6 Å². The van der Waals surface area contributed by atoms with Crippen LogP contribution in [0.15, 0.2) is 36.0 Å². The van der Waals surface area contributed by atoms with Gasteiger partial charge in [-0.15, -0.1) is 0 Å². The summed E-state index contributed by atoms with van der Waals surface area (Å²) in [5, 5.41) is 0.751. The van der Waals surface area contributed by atoms with Gasteiger partial charge in [0.05, 0.1) is 6.42 Å². The lowest BCUT2D eigenvalue weighted by Gasteiger charge is -2.01. The second-order valence-corrected chi connectivity index (χ2v) is 4.89. The second kappa shape index (κ2) is 5.26. The number of aromatic nitrogens is 1. The molecule has 0 fully saturated rings. The molecular formula is C15H17FN2O. The van der Waals surface area contributed by atoms with Crippen molar-refractivity contribution in [1.82, 2.24) is 4.57 Å². The number of benzene rings is 1. The predicted octanol–water partition coefficient (Wildman–Crippen LogP) is 2.77. The van der Waals surface area contributed by atoms with Crippen LogP contribution in [0.4, 0.5) is 4.39 Å². The Hall–Kier alpha value is -2.10. The number of halogens is 1. The largest absolute Gasteiger partial charge is 0.369 e. The highest BCUT2D eigenvalue weighted by Gasteiger charge is 2.10. The van der Waals surface area contributed by atoms with Crippen molar-refractivity contribution in [3.05, 3.63) is 47.4 Å². The number of nitrogens with two attached hydrogens (primary N) is 1. The van der Waals surface area contributed by atoms with E-state index in [1.165, 1.54) is 17.7 Å². The SMILES string of the molecule is CC(C)=CCn1cc(CC(N)=O)c2cc(F)ccc21. The molecule has 0 radical (unpaired) electrons. The standard InChI is InChI=1S/C15H17FN2O/c1-10(2)5-6-18-9-11(7-15(17)19)13-8-12(16)3-4-14(13)18/h3-5,8-9H,6-7H2,1-2H3,(H2,17,19). The van der Waals surface area contributed by atoms with Gasteiger partial charge in [0.25, 0.3) is 0 Å². The normalized spacial score (nSPS) is 10.7. The number of nitrogens with zero attached hydrogens (tertiary/aromatic N) is 1. The molecule has 2 N–H and O–H groups in total. The molecule has 3 nitrogen and oxygen atoms in total. The second-order valence-electron chi connectivity index (χ2n) is 4.89. The molecule has 0 unspecified atom stereocenters. The Kier molecular flexibility index (Phi) is 3.69. The van der Waals surface area contributed by atoms with Crippen molar-refractivity contribution in [1.29, 1.82) is 0 Å². The minimum Gasteiger partial charge on any atom is -0.369 e. The number of primary amides is 1. The molecule has 0 aliphatic heterocycles. The summed E-state index contributed by atoms with van der Waals surface area (Å²) in [6, 6.07) is 4.61. The molecule has 0 bridgehead atoms. The number of rotatable bonds is 4. The zero-order valence-corrected chi connectivity index (χ0v) is 11.1. The van der Waals surface area contributed by atoms with E-state index in [1.807, 2.05) is 24.6 Å². The zero-order chi connectivity index (χ0) is 14.0. The van der Waals surface area contributed by atoms with Crippen LogP contribution in [0.3, 0.4) is 0 Å². The van der Waals surface area contributed by atoms with Crippen molar-refractivity contribution in [2.24, 2.45) is 5.73 Å². The summed E-state index contributed by atoms with van der Waals surface area (Å²) in [5.74, 6) is -0.719. The molecule has 1 aromatic carbocycles. The van der Waals surface area contributed by atoms with E-state index in [0.717, 1.165) is 16.5 Å². The van der Waals surface area contributed by atoms with E-state index in [1.54, 1.807) is 6.07 Å². The van der Waals surface area contributed by atoms with Crippen LogP contribution in [0.5, 0.6) is 0 Å². The van der Waals surface area contributed by atoms with Gasteiger partial charge in [0.2, 0.25) is 5.91 Å². The number of hydrogen-bond donors (Lipinski definition) is 1. The number of fused-ring (bicyclic) bond motifs is 1. The van der Waals surface area contributed by atoms with Crippen molar-refractivity contribution in [3.63, 3.8) is 0 Å². The van der Waals surface area contributed by atoms with Gasteiger partial charge in [-0.05, 0) is 37.6 Å². The summed E-state index contributed by atoms with van der Waals surface area (Å²) in [6.07, 6.45) is 4.08. The van der Waals surface area contributed by atoms with E-state index < -0.39 is 5.91 Å². The van der Waals surface area contributed by atoms with Gasteiger partial charge in [0.15, 0.2) is 0 Å². The quantitative estimate of drug-likeness (QED) is 0.844. The first-order chi connectivity index (χ1) is 8.97. The maximum Gasteiger partial charge on any atom is 0.221 e. The molecule has 2 aromatic rings. The number of carbonyl (C=O) groups is 1. The average Bonchev–Trinajstić information content (AvgIpc) is 2.63. The van der Waals surface area contributed by atoms with E-state index >= 15 is 0 Å². The fourth-order valence-electron chi connectivity index (χ4n) is 2.10. The topological polar surface area (TPSA) is 48.0 Å². The number of amides is 1. The lowest BCUT2D eigenvalue weighted by Crippen LogP contribution is -2.13. The van der Waals surface area contributed by atoms with Crippen LogP contribution in [0.2, 0.25) is 0 Å². The van der Waals surface area contributed by atoms with E-state index in [9.17, 15) is 9.18 Å². The molecule has 0 atom stereocenters. The lowest BCUT2D eigenvalue weighted by molar-refractivity contribution is -0.117. The Balaban J connectivity index is 2.52. The van der Waals surface area contributed by atoms with Gasteiger partial charge in [-0.3, -0.25) is 4.79 Å². The van der Waals surface area contributed by atoms with Gasteiger partial charge < -0.3 is 10.3 Å². The van der Waals surface area contributed by atoms with Crippen LogP contribution in [0.1, 0.15) is 19.4 Å². The molecule has 19 heavy (non-hydrogen) atoms. The third kappa shape index (κ3) is 3.02. The first kappa shape index (κ1) is 13.3. The maximum atomic E-state index is 13.3. The molecule has 0 saturated heterocycles. The van der Waals surface area contributed by atoms with Crippen molar-refractivity contribution in [2.75, 3.05) is 0 Å². The van der Waals surface area contributed by atoms with Crippen molar-refractivity contribution in [3.8, 4) is 0 Å². The molecule has 1 aromatic heterocycles. The highest BCUT2D eigenvalue weighted by atomic mass is 19.1.